The first-order valence-corrected chi connectivity index (χ1v) is 7.42. The quantitative estimate of drug-likeness (QED) is 0.893. The predicted octanol–water partition coefficient (Wildman–Crippen LogP) is 4.17. The van der Waals surface area contributed by atoms with Crippen molar-refractivity contribution in [1.82, 2.24) is 5.32 Å². The Bertz CT molecular complexity index is 639. The van der Waals surface area contributed by atoms with Crippen LogP contribution in [-0.4, -0.2) is 6.04 Å². The fourth-order valence-corrected chi connectivity index (χ4v) is 3.14. The van der Waals surface area contributed by atoms with Gasteiger partial charge in [0.1, 0.15) is 0 Å². The van der Waals surface area contributed by atoms with Crippen LogP contribution in [-0.2, 0) is 12.8 Å². The zero-order valence-corrected chi connectivity index (χ0v) is 12.1. The summed E-state index contributed by atoms with van der Waals surface area (Å²) in [5.41, 5.74) is 3.15. The third kappa shape index (κ3) is 2.98. The van der Waals surface area contributed by atoms with Crippen molar-refractivity contribution >= 4 is 0 Å². The number of halogens is 2. The van der Waals surface area contributed by atoms with Crippen LogP contribution in [0.3, 0.4) is 0 Å². The van der Waals surface area contributed by atoms with E-state index in [1.54, 1.807) is 12.1 Å². The molecular weight excluding hydrogens is 268 g/mol. The molecule has 0 saturated carbocycles. The molecule has 2 aromatic rings. The van der Waals surface area contributed by atoms with E-state index in [0.29, 0.717) is 11.6 Å². The standard InChI is InChI=1S/C18H19F2N/c1-12(16-7-4-8-17(19)18(16)20)21-15-10-9-13-5-2-3-6-14(13)11-15/h2-8,12,15,21H,9-11H2,1H3. The molecule has 3 rings (SSSR count). The number of fused-ring (bicyclic) bond motifs is 1. The largest absolute Gasteiger partial charge is 0.307 e. The number of aryl methyl sites for hydroxylation is 1. The van der Waals surface area contributed by atoms with E-state index >= 15 is 0 Å². The second-order valence-electron chi connectivity index (χ2n) is 5.74. The fourth-order valence-electron chi connectivity index (χ4n) is 3.14. The Morgan fingerprint density at radius 3 is 2.62 bits per heavy atom. The summed E-state index contributed by atoms with van der Waals surface area (Å²) in [6.45, 7) is 1.89. The summed E-state index contributed by atoms with van der Waals surface area (Å²) in [5, 5.41) is 3.44. The first-order chi connectivity index (χ1) is 10.1. The lowest BCUT2D eigenvalue weighted by molar-refractivity contribution is 0.399. The van der Waals surface area contributed by atoms with E-state index in [4.69, 9.17) is 0 Å². The van der Waals surface area contributed by atoms with E-state index in [9.17, 15) is 8.78 Å². The van der Waals surface area contributed by atoms with E-state index in [1.807, 2.05) is 6.92 Å². The van der Waals surface area contributed by atoms with Crippen LogP contribution in [0.5, 0.6) is 0 Å². The lowest BCUT2D eigenvalue weighted by atomic mass is 9.88. The lowest BCUT2D eigenvalue weighted by Gasteiger charge is -2.28. The second-order valence-corrected chi connectivity index (χ2v) is 5.74. The highest BCUT2D eigenvalue weighted by molar-refractivity contribution is 5.30. The van der Waals surface area contributed by atoms with Crippen molar-refractivity contribution in [1.29, 1.82) is 0 Å². The SMILES string of the molecule is CC(NC1CCc2ccccc2C1)c1cccc(F)c1F. The van der Waals surface area contributed by atoms with Gasteiger partial charge in [-0.05, 0) is 43.4 Å². The molecule has 3 heteroatoms. The second kappa shape index (κ2) is 5.94. The highest BCUT2D eigenvalue weighted by Gasteiger charge is 2.21. The van der Waals surface area contributed by atoms with Crippen molar-refractivity contribution in [3.63, 3.8) is 0 Å². The fraction of sp³-hybridized carbons (Fsp3) is 0.333. The number of hydrogen-bond acceptors (Lipinski definition) is 1. The molecule has 1 nitrogen and oxygen atoms in total. The van der Waals surface area contributed by atoms with Gasteiger partial charge in [0.2, 0.25) is 0 Å². The van der Waals surface area contributed by atoms with E-state index < -0.39 is 11.6 Å². The Kier molecular flexibility index (Phi) is 4.02. The maximum Gasteiger partial charge on any atom is 0.163 e. The normalized spacial score (nSPS) is 19.1. The smallest absolute Gasteiger partial charge is 0.163 e. The number of rotatable bonds is 3. The molecule has 2 unspecified atom stereocenters. The topological polar surface area (TPSA) is 12.0 Å². The minimum absolute atomic E-state index is 0.198. The van der Waals surface area contributed by atoms with Gasteiger partial charge in [-0.25, -0.2) is 8.78 Å². The van der Waals surface area contributed by atoms with Crippen LogP contribution in [0.4, 0.5) is 8.78 Å². The third-order valence-electron chi connectivity index (χ3n) is 4.28. The van der Waals surface area contributed by atoms with Crippen LogP contribution >= 0.6 is 0 Å². The molecule has 2 aromatic carbocycles. The van der Waals surface area contributed by atoms with Gasteiger partial charge in [0, 0.05) is 17.6 Å². The molecule has 1 aliphatic carbocycles. The van der Waals surface area contributed by atoms with E-state index in [1.165, 1.54) is 11.1 Å². The van der Waals surface area contributed by atoms with Crippen LogP contribution in [0.15, 0.2) is 42.5 Å². The summed E-state index contributed by atoms with van der Waals surface area (Å²) < 4.78 is 27.1. The van der Waals surface area contributed by atoms with Gasteiger partial charge in [0.15, 0.2) is 11.6 Å². The van der Waals surface area contributed by atoms with Gasteiger partial charge in [-0.15, -0.1) is 0 Å². The average Bonchev–Trinajstić information content (AvgIpc) is 2.50. The molecule has 0 aliphatic heterocycles. The Balaban J connectivity index is 1.72. The minimum atomic E-state index is -0.782. The molecule has 21 heavy (non-hydrogen) atoms. The third-order valence-corrected chi connectivity index (χ3v) is 4.28. The Hall–Kier alpha value is -1.74. The Labute approximate surface area is 124 Å². The molecule has 2 atom stereocenters. The summed E-state index contributed by atoms with van der Waals surface area (Å²) in [7, 11) is 0. The molecule has 0 heterocycles. The van der Waals surface area contributed by atoms with Crippen molar-refractivity contribution in [3.8, 4) is 0 Å². The van der Waals surface area contributed by atoms with E-state index in [0.717, 1.165) is 25.3 Å². The maximum absolute atomic E-state index is 13.8. The number of nitrogens with one attached hydrogen (secondary N) is 1. The van der Waals surface area contributed by atoms with Crippen LogP contribution in [0, 0.1) is 11.6 Å². The summed E-state index contributed by atoms with van der Waals surface area (Å²) in [6.07, 6.45) is 3.00. The summed E-state index contributed by atoms with van der Waals surface area (Å²) in [5.74, 6) is -1.52. The van der Waals surface area contributed by atoms with E-state index in [-0.39, 0.29) is 6.04 Å². The zero-order chi connectivity index (χ0) is 14.8. The minimum Gasteiger partial charge on any atom is -0.307 e. The van der Waals surface area contributed by atoms with Crippen molar-refractivity contribution < 1.29 is 8.78 Å². The Morgan fingerprint density at radius 2 is 1.81 bits per heavy atom. The van der Waals surface area contributed by atoms with Crippen LogP contribution in [0.1, 0.15) is 36.1 Å². The highest BCUT2D eigenvalue weighted by Crippen LogP contribution is 2.24. The van der Waals surface area contributed by atoms with Gasteiger partial charge in [0.05, 0.1) is 0 Å². The van der Waals surface area contributed by atoms with Crippen LogP contribution < -0.4 is 5.32 Å². The molecule has 0 spiro atoms. The van der Waals surface area contributed by atoms with Crippen molar-refractivity contribution in [2.75, 3.05) is 0 Å². The summed E-state index contributed by atoms with van der Waals surface area (Å²) in [6, 6.07) is 12.9. The van der Waals surface area contributed by atoms with Gasteiger partial charge >= 0.3 is 0 Å². The predicted molar refractivity (Wildman–Crippen MR) is 80.2 cm³/mol. The first-order valence-electron chi connectivity index (χ1n) is 7.42. The Morgan fingerprint density at radius 1 is 1.05 bits per heavy atom. The van der Waals surface area contributed by atoms with Crippen LogP contribution in [0.2, 0.25) is 0 Å². The van der Waals surface area contributed by atoms with E-state index in [2.05, 4.69) is 29.6 Å². The monoisotopic (exact) mass is 287 g/mol. The number of benzene rings is 2. The molecular formula is C18H19F2N. The van der Waals surface area contributed by atoms with Crippen molar-refractivity contribution in [3.05, 3.63) is 70.8 Å². The van der Waals surface area contributed by atoms with Gasteiger partial charge in [-0.1, -0.05) is 36.4 Å². The van der Waals surface area contributed by atoms with Crippen molar-refractivity contribution in [2.45, 2.75) is 38.3 Å². The summed E-state index contributed by atoms with van der Waals surface area (Å²) >= 11 is 0. The molecule has 1 N–H and O–H groups in total. The molecule has 0 saturated heterocycles. The molecule has 0 fully saturated rings. The molecule has 0 radical (unpaired) electrons. The molecule has 0 aromatic heterocycles. The first kappa shape index (κ1) is 14.2. The molecule has 0 amide bonds. The highest BCUT2D eigenvalue weighted by atomic mass is 19.2. The van der Waals surface area contributed by atoms with Crippen LogP contribution in [0.25, 0.3) is 0 Å². The van der Waals surface area contributed by atoms with Gasteiger partial charge in [-0.3, -0.25) is 0 Å². The molecule has 0 bridgehead atoms. The number of hydrogen-bond donors (Lipinski definition) is 1. The maximum atomic E-state index is 13.8. The van der Waals surface area contributed by atoms with Gasteiger partial charge in [-0.2, -0.15) is 0 Å². The summed E-state index contributed by atoms with van der Waals surface area (Å²) in [4.78, 5) is 0. The van der Waals surface area contributed by atoms with Crippen molar-refractivity contribution in [2.24, 2.45) is 0 Å². The lowest BCUT2D eigenvalue weighted by Crippen LogP contribution is -2.36. The van der Waals surface area contributed by atoms with Gasteiger partial charge < -0.3 is 5.32 Å². The molecule has 1 aliphatic rings. The zero-order valence-electron chi connectivity index (χ0n) is 12.1. The van der Waals surface area contributed by atoms with Gasteiger partial charge in [0.25, 0.3) is 0 Å². The molecule has 110 valence electrons. The average molecular weight is 287 g/mol.